The van der Waals surface area contributed by atoms with Crippen molar-refractivity contribution in [3.05, 3.63) is 12.2 Å². The van der Waals surface area contributed by atoms with Crippen LogP contribution in [0.2, 0.25) is 0 Å². The third-order valence-corrected chi connectivity index (χ3v) is 2.48. The summed E-state index contributed by atoms with van der Waals surface area (Å²) >= 11 is 0. The van der Waals surface area contributed by atoms with E-state index in [2.05, 4.69) is 0 Å². The fraction of sp³-hybridized carbons (Fsp3) is 0.727. The van der Waals surface area contributed by atoms with Crippen LogP contribution < -0.4 is 0 Å². The van der Waals surface area contributed by atoms with Gasteiger partial charge in [-0.25, -0.2) is 0 Å². The Hall–Kier alpha value is -0.790. The number of nitrogens with zero attached hydrogens (tertiary/aromatic N) is 1. The van der Waals surface area contributed by atoms with Gasteiger partial charge in [0.05, 0.1) is 0 Å². The molecule has 0 unspecified atom stereocenters. The molecule has 1 fully saturated rings. The van der Waals surface area contributed by atoms with Gasteiger partial charge in [-0.15, -0.1) is 0 Å². The predicted octanol–water partition coefficient (Wildman–Crippen LogP) is 2.36. The summed E-state index contributed by atoms with van der Waals surface area (Å²) in [5, 5.41) is 0. The van der Waals surface area contributed by atoms with Gasteiger partial charge in [-0.3, -0.25) is 4.79 Å². The lowest BCUT2D eigenvalue weighted by molar-refractivity contribution is -0.126. The lowest BCUT2D eigenvalue weighted by Crippen LogP contribution is -2.32. The van der Waals surface area contributed by atoms with E-state index >= 15 is 0 Å². The molecule has 1 rings (SSSR count). The van der Waals surface area contributed by atoms with Gasteiger partial charge in [0.15, 0.2) is 0 Å². The summed E-state index contributed by atoms with van der Waals surface area (Å²) in [5.41, 5.74) is 0. The first-order valence-electron chi connectivity index (χ1n) is 5.26. The molecule has 1 heterocycles. The van der Waals surface area contributed by atoms with Crippen LogP contribution in [0.5, 0.6) is 0 Å². The number of rotatable bonds is 1. The van der Waals surface area contributed by atoms with Gasteiger partial charge in [0.1, 0.15) is 0 Å². The summed E-state index contributed by atoms with van der Waals surface area (Å²) in [7, 11) is 0. The number of hydrogen-bond donors (Lipinski definition) is 0. The van der Waals surface area contributed by atoms with E-state index in [0.29, 0.717) is 0 Å². The average Bonchev–Trinajstić information content (AvgIpc) is 2.03. The molecule has 0 spiro atoms. The molecule has 2 heteroatoms. The Labute approximate surface area is 80.6 Å². The number of likely N-dealkylation sites (tertiary alicyclic amines) is 1. The highest BCUT2D eigenvalue weighted by Gasteiger charge is 2.11. The molecule has 0 bridgehead atoms. The van der Waals surface area contributed by atoms with Crippen molar-refractivity contribution in [1.82, 2.24) is 4.90 Å². The van der Waals surface area contributed by atoms with Crippen molar-refractivity contribution < 1.29 is 4.79 Å². The van der Waals surface area contributed by atoms with Crippen molar-refractivity contribution in [2.24, 2.45) is 0 Å². The van der Waals surface area contributed by atoms with E-state index in [1.807, 2.05) is 17.9 Å². The monoisotopic (exact) mass is 181 g/mol. The van der Waals surface area contributed by atoms with Gasteiger partial charge in [0.2, 0.25) is 5.91 Å². The standard InChI is InChI=1S/C11H19NO/c1-2-8-11(13)12-9-6-4-3-5-7-10-12/h2,8H,3-7,9-10H2,1H3. The van der Waals surface area contributed by atoms with Crippen molar-refractivity contribution in [2.75, 3.05) is 13.1 Å². The Bertz CT molecular complexity index is 179. The normalized spacial score (nSPS) is 19.9. The fourth-order valence-electron chi connectivity index (χ4n) is 1.72. The van der Waals surface area contributed by atoms with Crippen molar-refractivity contribution in [1.29, 1.82) is 0 Å². The molecule has 1 amide bonds. The zero-order valence-electron chi connectivity index (χ0n) is 8.46. The number of amides is 1. The first-order chi connectivity index (χ1) is 6.34. The molecule has 1 aliphatic heterocycles. The van der Waals surface area contributed by atoms with Gasteiger partial charge >= 0.3 is 0 Å². The van der Waals surface area contributed by atoms with Gasteiger partial charge in [0, 0.05) is 13.1 Å². The molecule has 0 saturated carbocycles. The first kappa shape index (κ1) is 10.3. The maximum Gasteiger partial charge on any atom is 0.246 e. The molecule has 13 heavy (non-hydrogen) atoms. The summed E-state index contributed by atoms with van der Waals surface area (Å²) in [5.74, 6) is 0.185. The number of allylic oxidation sites excluding steroid dienone is 1. The second kappa shape index (κ2) is 5.79. The quantitative estimate of drug-likeness (QED) is 0.569. The fourth-order valence-corrected chi connectivity index (χ4v) is 1.72. The molecule has 0 aromatic heterocycles. The Morgan fingerprint density at radius 1 is 1.08 bits per heavy atom. The van der Waals surface area contributed by atoms with Crippen LogP contribution in [0.4, 0.5) is 0 Å². The van der Waals surface area contributed by atoms with E-state index in [4.69, 9.17) is 0 Å². The number of hydrogen-bond acceptors (Lipinski definition) is 1. The van der Waals surface area contributed by atoms with E-state index < -0.39 is 0 Å². The molecular weight excluding hydrogens is 162 g/mol. The smallest absolute Gasteiger partial charge is 0.246 e. The molecule has 74 valence electrons. The summed E-state index contributed by atoms with van der Waals surface area (Å²) in [4.78, 5) is 13.5. The van der Waals surface area contributed by atoms with Crippen LogP contribution in [0.1, 0.15) is 39.0 Å². The lowest BCUT2D eigenvalue weighted by Gasteiger charge is -2.23. The number of carbonyl (C=O) groups excluding carboxylic acids is 1. The van der Waals surface area contributed by atoms with Gasteiger partial charge < -0.3 is 4.90 Å². The van der Waals surface area contributed by atoms with Gasteiger partial charge in [-0.1, -0.05) is 25.3 Å². The number of carbonyl (C=O) groups is 1. The van der Waals surface area contributed by atoms with Crippen molar-refractivity contribution in [3.8, 4) is 0 Å². The van der Waals surface area contributed by atoms with Crippen molar-refractivity contribution in [2.45, 2.75) is 39.0 Å². The van der Waals surface area contributed by atoms with Crippen LogP contribution in [-0.2, 0) is 4.79 Å². The van der Waals surface area contributed by atoms with Gasteiger partial charge in [0.25, 0.3) is 0 Å². The molecule has 0 aromatic rings. The average molecular weight is 181 g/mol. The molecule has 1 saturated heterocycles. The summed E-state index contributed by atoms with van der Waals surface area (Å²) in [6.45, 7) is 3.79. The summed E-state index contributed by atoms with van der Waals surface area (Å²) < 4.78 is 0. The SMILES string of the molecule is CC=CC(=O)N1CCCCCCC1. The Morgan fingerprint density at radius 2 is 1.62 bits per heavy atom. The Morgan fingerprint density at radius 3 is 2.15 bits per heavy atom. The predicted molar refractivity (Wildman–Crippen MR) is 54.5 cm³/mol. The Balaban J connectivity index is 2.40. The molecule has 0 aromatic carbocycles. The van der Waals surface area contributed by atoms with E-state index in [-0.39, 0.29) is 5.91 Å². The van der Waals surface area contributed by atoms with E-state index in [0.717, 1.165) is 13.1 Å². The molecule has 0 aliphatic carbocycles. The minimum Gasteiger partial charge on any atom is -0.339 e. The highest BCUT2D eigenvalue weighted by molar-refractivity contribution is 5.87. The molecule has 0 N–H and O–H groups in total. The zero-order valence-corrected chi connectivity index (χ0v) is 8.46. The van der Waals surface area contributed by atoms with Crippen LogP contribution in [0.25, 0.3) is 0 Å². The maximum atomic E-state index is 11.5. The first-order valence-corrected chi connectivity index (χ1v) is 5.26. The van der Waals surface area contributed by atoms with Gasteiger partial charge in [-0.05, 0) is 25.8 Å². The summed E-state index contributed by atoms with van der Waals surface area (Å²) in [6.07, 6.45) is 9.72. The third-order valence-electron chi connectivity index (χ3n) is 2.48. The minimum atomic E-state index is 0.185. The van der Waals surface area contributed by atoms with Crippen molar-refractivity contribution >= 4 is 5.91 Å². The molecule has 1 aliphatic rings. The van der Waals surface area contributed by atoms with Crippen molar-refractivity contribution in [3.63, 3.8) is 0 Å². The highest BCUT2D eigenvalue weighted by Crippen LogP contribution is 2.10. The second-order valence-electron chi connectivity index (χ2n) is 3.59. The van der Waals surface area contributed by atoms with Crippen LogP contribution >= 0.6 is 0 Å². The van der Waals surface area contributed by atoms with Crippen LogP contribution in [-0.4, -0.2) is 23.9 Å². The second-order valence-corrected chi connectivity index (χ2v) is 3.59. The lowest BCUT2D eigenvalue weighted by atomic mass is 10.1. The molecule has 0 radical (unpaired) electrons. The highest BCUT2D eigenvalue weighted by atomic mass is 16.2. The minimum absolute atomic E-state index is 0.185. The largest absolute Gasteiger partial charge is 0.339 e. The maximum absolute atomic E-state index is 11.5. The van der Waals surface area contributed by atoms with Crippen LogP contribution in [0.15, 0.2) is 12.2 Å². The zero-order chi connectivity index (χ0) is 9.52. The molecule has 2 nitrogen and oxygen atoms in total. The third kappa shape index (κ3) is 3.62. The topological polar surface area (TPSA) is 20.3 Å². The van der Waals surface area contributed by atoms with Crippen LogP contribution in [0, 0.1) is 0 Å². The van der Waals surface area contributed by atoms with E-state index in [1.54, 1.807) is 6.08 Å². The van der Waals surface area contributed by atoms with Crippen LogP contribution in [0.3, 0.4) is 0 Å². The molecular formula is C11H19NO. The Kier molecular flexibility index (Phi) is 4.58. The molecule has 0 atom stereocenters. The van der Waals surface area contributed by atoms with E-state index in [1.165, 1.54) is 32.1 Å². The van der Waals surface area contributed by atoms with Gasteiger partial charge in [-0.2, -0.15) is 0 Å². The van der Waals surface area contributed by atoms with E-state index in [9.17, 15) is 4.79 Å². The summed E-state index contributed by atoms with van der Waals surface area (Å²) in [6, 6.07) is 0.